The first kappa shape index (κ1) is 12.7. The molecule has 0 bridgehead atoms. The maximum Gasteiger partial charge on any atom is 0.221 e. The van der Waals surface area contributed by atoms with Crippen LogP contribution in [0.3, 0.4) is 0 Å². The molecule has 4 N–H and O–H groups in total. The second-order valence-corrected chi connectivity index (χ2v) is 4.58. The molecule has 2 aromatic heterocycles. The van der Waals surface area contributed by atoms with Crippen molar-refractivity contribution >= 4 is 34.1 Å². The molecule has 0 unspecified atom stereocenters. The minimum atomic E-state index is -0.771. The van der Waals surface area contributed by atoms with E-state index in [-0.39, 0.29) is 33.1 Å². The third-order valence-electron chi connectivity index (χ3n) is 2.96. The second-order valence-electron chi connectivity index (χ2n) is 4.17. The van der Waals surface area contributed by atoms with Crippen LogP contribution in [0, 0.1) is 11.8 Å². The highest BCUT2D eigenvalue weighted by Crippen LogP contribution is 2.39. The van der Waals surface area contributed by atoms with Gasteiger partial charge < -0.3 is 15.9 Å². The molecule has 0 fully saturated rings. The quantitative estimate of drug-likeness (QED) is 0.672. The predicted octanol–water partition coefficient (Wildman–Crippen LogP) is 3.59. The number of nitrogen functional groups attached to an aromatic ring is 2. The summed E-state index contributed by atoms with van der Waals surface area (Å²) in [6.45, 7) is 0. The molecule has 0 saturated carbocycles. The van der Waals surface area contributed by atoms with Gasteiger partial charge in [-0.1, -0.05) is 17.7 Å². The summed E-state index contributed by atoms with van der Waals surface area (Å²) in [6, 6.07) is 3.80. The maximum absolute atomic E-state index is 14.0. The second kappa shape index (κ2) is 4.35. The first-order valence-electron chi connectivity index (χ1n) is 5.56. The molecule has 0 saturated heterocycles. The summed E-state index contributed by atoms with van der Waals surface area (Å²) in [5.74, 6) is -1.40. The van der Waals surface area contributed by atoms with Gasteiger partial charge in [0.05, 0.1) is 22.2 Å². The fraction of sp³-hybridized carbons (Fsp3) is 0. The number of pyridine rings is 1. The number of nitrogens with zero attached hydrogens (tertiary/aromatic N) is 1. The third-order valence-corrected chi connectivity index (χ3v) is 3.25. The molecule has 3 aromatic rings. The lowest BCUT2D eigenvalue weighted by Gasteiger charge is -2.06. The summed E-state index contributed by atoms with van der Waals surface area (Å²) >= 11 is 5.72. The van der Waals surface area contributed by atoms with Gasteiger partial charge in [-0.2, -0.15) is 4.39 Å². The van der Waals surface area contributed by atoms with Crippen LogP contribution < -0.4 is 11.5 Å². The Hall–Kier alpha value is -2.34. The van der Waals surface area contributed by atoms with Crippen molar-refractivity contribution < 1.29 is 13.2 Å². The smallest absolute Gasteiger partial charge is 0.221 e. The number of furan rings is 1. The highest BCUT2D eigenvalue weighted by Gasteiger charge is 2.19. The summed E-state index contributed by atoms with van der Waals surface area (Å²) < 4.78 is 32.4. The molecule has 0 spiro atoms. The normalized spacial score (nSPS) is 11.2. The van der Waals surface area contributed by atoms with Gasteiger partial charge in [0.2, 0.25) is 11.8 Å². The van der Waals surface area contributed by atoms with Gasteiger partial charge in [-0.3, -0.25) is 0 Å². The molecule has 0 amide bonds. The zero-order valence-corrected chi connectivity index (χ0v) is 10.7. The molecule has 0 aliphatic carbocycles. The van der Waals surface area contributed by atoms with Crippen LogP contribution in [-0.2, 0) is 0 Å². The van der Waals surface area contributed by atoms with E-state index < -0.39 is 11.8 Å². The van der Waals surface area contributed by atoms with Crippen molar-refractivity contribution in [3.63, 3.8) is 0 Å². The Morgan fingerprint density at radius 3 is 2.65 bits per heavy atom. The Morgan fingerprint density at radius 1 is 1.20 bits per heavy atom. The maximum atomic E-state index is 14.0. The van der Waals surface area contributed by atoms with Crippen LogP contribution in [0.5, 0.6) is 0 Å². The van der Waals surface area contributed by atoms with Crippen molar-refractivity contribution in [3.05, 3.63) is 41.2 Å². The minimum absolute atomic E-state index is 0.0261. The molecule has 0 atom stereocenters. The van der Waals surface area contributed by atoms with E-state index in [1.807, 2.05) is 0 Å². The largest absolute Gasteiger partial charge is 0.437 e. The molecule has 102 valence electrons. The molecule has 20 heavy (non-hydrogen) atoms. The minimum Gasteiger partial charge on any atom is -0.437 e. The van der Waals surface area contributed by atoms with Crippen molar-refractivity contribution in [1.82, 2.24) is 4.98 Å². The number of aromatic nitrogens is 1. The molecule has 3 rings (SSSR count). The number of rotatable bonds is 1. The van der Waals surface area contributed by atoms with E-state index in [9.17, 15) is 8.78 Å². The van der Waals surface area contributed by atoms with Crippen LogP contribution in [0.2, 0.25) is 5.02 Å². The van der Waals surface area contributed by atoms with Crippen LogP contribution >= 0.6 is 11.6 Å². The predicted molar refractivity (Wildman–Crippen MR) is 73.2 cm³/mol. The number of hydrogen-bond donors (Lipinski definition) is 2. The molecular weight excluding hydrogens is 288 g/mol. The van der Waals surface area contributed by atoms with Crippen molar-refractivity contribution in [3.8, 4) is 11.1 Å². The number of nitrogens with two attached hydrogens (primary N) is 2. The first-order valence-corrected chi connectivity index (χ1v) is 5.94. The van der Waals surface area contributed by atoms with Gasteiger partial charge in [0.25, 0.3) is 0 Å². The molecule has 1 aromatic carbocycles. The Labute approximate surface area is 116 Å². The standard InChI is InChI=1S/C13H8ClF2N3O/c14-6-3-5(1-2-7(6)15)9-10-8(4-19-12(9)16)20-13(18)11(10)17/h1-4H,17-18H2. The third kappa shape index (κ3) is 1.77. The molecule has 0 radical (unpaired) electrons. The molecule has 2 heterocycles. The molecule has 4 nitrogen and oxygen atoms in total. The van der Waals surface area contributed by atoms with Crippen molar-refractivity contribution in [1.29, 1.82) is 0 Å². The van der Waals surface area contributed by atoms with E-state index in [4.69, 9.17) is 27.5 Å². The Kier molecular flexibility index (Phi) is 2.76. The Morgan fingerprint density at radius 2 is 1.95 bits per heavy atom. The lowest BCUT2D eigenvalue weighted by Crippen LogP contribution is -1.94. The summed E-state index contributed by atoms with van der Waals surface area (Å²) in [5.41, 5.74) is 12.1. The van der Waals surface area contributed by atoms with E-state index in [1.165, 1.54) is 18.3 Å². The van der Waals surface area contributed by atoms with Gasteiger partial charge in [-0.05, 0) is 17.7 Å². The van der Waals surface area contributed by atoms with Crippen LogP contribution in [0.25, 0.3) is 22.1 Å². The van der Waals surface area contributed by atoms with Gasteiger partial charge in [0.1, 0.15) is 11.5 Å². The number of halogens is 3. The molecule has 0 aliphatic heterocycles. The van der Waals surface area contributed by atoms with Gasteiger partial charge in [-0.25, -0.2) is 9.37 Å². The van der Waals surface area contributed by atoms with Crippen molar-refractivity contribution in [2.24, 2.45) is 0 Å². The zero-order chi connectivity index (χ0) is 14.4. The first-order chi connectivity index (χ1) is 9.49. The van der Waals surface area contributed by atoms with Crippen LogP contribution in [0.4, 0.5) is 20.4 Å². The van der Waals surface area contributed by atoms with Gasteiger partial charge in [0, 0.05) is 0 Å². The van der Waals surface area contributed by atoms with Crippen LogP contribution in [0.15, 0.2) is 28.8 Å². The number of fused-ring (bicyclic) bond motifs is 1. The van der Waals surface area contributed by atoms with Crippen LogP contribution in [0.1, 0.15) is 0 Å². The Bertz CT molecular complexity index is 832. The molecule has 7 heteroatoms. The van der Waals surface area contributed by atoms with Gasteiger partial charge >= 0.3 is 0 Å². The molecular formula is C13H8ClF2N3O. The lowest BCUT2D eigenvalue weighted by atomic mass is 10.0. The average Bonchev–Trinajstić information content (AvgIpc) is 2.70. The number of hydrogen-bond acceptors (Lipinski definition) is 4. The van der Waals surface area contributed by atoms with E-state index in [1.54, 1.807) is 0 Å². The topological polar surface area (TPSA) is 78.1 Å². The van der Waals surface area contributed by atoms with Gasteiger partial charge in [0.15, 0.2) is 5.58 Å². The van der Waals surface area contributed by atoms with E-state index >= 15 is 0 Å². The highest BCUT2D eigenvalue weighted by molar-refractivity contribution is 6.31. The number of anilines is 2. The summed E-state index contributed by atoms with van der Waals surface area (Å²) in [5, 5.41) is 0.159. The highest BCUT2D eigenvalue weighted by atomic mass is 35.5. The van der Waals surface area contributed by atoms with Crippen molar-refractivity contribution in [2.45, 2.75) is 0 Å². The monoisotopic (exact) mass is 295 g/mol. The fourth-order valence-corrected chi connectivity index (χ4v) is 2.21. The lowest BCUT2D eigenvalue weighted by molar-refractivity contribution is 0.584. The van der Waals surface area contributed by atoms with Gasteiger partial charge in [-0.15, -0.1) is 0 Å². The SMILES string of the molecule is Nc1oc2cnc(F)c(-c3ccc(F)c(Cl)c3)c2c1N. The summed E-state index contributed by atoms with van der Waals surface area (Å²) in [7, 11) is 0. The average molecular weight is 296 g/mol. The van der Waals surface area contributed by atoms with Crippen LogP contribution in [-0.4, -0.2) is 4.98 Å². The fourth-order valence-electron chi connectivity index (χ4n) is 2.03. The summed E-state index contributed by atoms with van der Waals surface area (Å²) in [4.78, 5) is 3.58. The Balaban J connectivity index is 2.39. The van der Waals surface area contributed by atoms with E-state index in [0.717, 1.165) is 6.07 Å². The number of benzene rings is 1. The molecule has 0 aliphatic rings. The van der Waals surface area contributed by atoms with E-state index in [0.29, 0.717) is 5.56 Å². The van der Waals surface area contributed by atoms with Crippen molar-refractivity contribution in [2.75, 3.05) is 11.5 Å². The summed E-state index contributed by atoms with van der Waals surface area (Å²) in [6.07, 6.45) is 1.19. The van der Waals surface area contributed by atoms with E-state index in [2.05, 4.69) is 4.98 Å². The zero-order valence-electron chi connectivity index (χ0n) is 9.95.